The Morgan fingerprint density at radius 1 is 1.53 bits per heavy atom. The summed E-state index contributed by atoms with van der Waals surface area (Å²) in [6, 6.07) is 8.30. The standard InChI is InChI=1S/C15H20N2O.ClH/c1-3-6-11(2)17-15(18)14-9-12-7-4-5-8-13(12)10-16-14;/h3-5,7-8,11,14,16H,1,6,9-10H2,2H3,(H,17,18);1H. The van der Waals surface area contributed by atoms with E-state index in [0.29, 0.717) is 0 Å². The molecule has 0 radical (unpaired) electrons. The number of hydrogen-bond donors (Lipinski definition) is 2. The molecule has 0 fully saturated rings. The predicted molar refractivity (Wildman–Crippen MR) is 80.4 cm³/mol. The molecule has 2 N–H and O–H groups in total. The van der Waals surface area contributed by atoms with Crippen LogP contribution in [0.25, 0.3) is 0 Å². The molecule has 0 aliphatic carbocycles. The lowest BCUT2D eigenvalue weighted by atomic mass is 9.95. The molecule has 1 aliphatic heterocycles. The van der Waals surface area contributed by atoms with E-state index in [4.69, 9.17) is 0 Å². The first-order valence-corrected chi connectivity index (χ1v) is 6.42. The van der Waals surface area contributed by atoms with Crippen molar-refractivity contribution >= 4 is 18.3 Å². The highest BCUT2D eigenvalue weighted by Gasteiger charge is 2.24. The Balaban J connectivity index is 0.00000180. The maximum Gasteiger partial charge on any atom is 0.237 e. The third kappa shape index (κ3) is 4.08. The number of fused-ring (bicyclic) bond motifs is 1. The van der Waals surface area contributed by atoms with Crippen LogP contribution in [0.1, 0.15) is 24.5 Å². The first-order valence-electron chi connectivity index (χ1n) is 6.42. The molecule has 2 atom stereocenters. The second kappa shape index (κ2) is 7.31. The smallest absolute Gasteiger partial charge is 0.237 e. The molecule has 1 amide bonds. The minimum atomic E-state index is -0.118. The second-order valence-corrected chi connectivity index (χ2v) is 4.84. The number of carbonyl (C=O) groups is 1. The molecular formula is C15H21ClN2O. The summed E-state index contributed by atoms with van der Waals surface area (Å²) in [5.74, 6) is 0.0823. The molecule has 0 spiro atoms. The van der Waals surface area contributed by atoms with Crippen molar-refractivity contribution < 1.29 is 4.79 Å². The van der Waals surface area contributed by atoms with Crippen LogP contribution in [0.4, 0.5) is 0 Å². The summed E-state index contributed by atoms with van der Waals surface area (Å²) in [4.78, 5) is 12.1. The summed E-state index contributed by atoms with van der Waals surface area (Å²) < 4.78 is 0. The normalized spacial score (nSPS) is 18.7. The van der Waals surface area contributed by atoms with Crippen LogP contribution >= 0.6 is 12.4 Å². The van der Waals surface area contributed by atoms with Crippen molar-refractivity contribution in [1.29, 1.82) is 0 Å². The maximum absolute atomic E-state index is 12.1. The Labute approximate surface area is 120 Å². The zero-order valence-electron chi connectivity index (χ0n) is 11.2. The lowest BCUT2D eigenvalue weighted by Crippen LogP contribution is -2.49. The van der Waals surface area contributed by atoms with Gasteiger partial charge in [-0.05, 0) is 30.9 Å². The summed E-state index contributed by atoms with van der Waals surface area (Å²) in [5, 5.41) is 6.29. The zero-order valence-corrected chi connectivity index (χ0v) is 12.0. The van der Waals surface area contributed by atoms with Gasteiger partial charge in [-0.25, -0.2) is 0 Å². The highest BCUT2D eigenvalue weighted by Crippen LogP contribution is 2.16. The molecule has 104 valence electrons. The fraction of sp³-hybridized carbons (Fsp3) is 0.400. The topological polar surface area (TPSA) is 41.1 Å². The molecule has 1 aromatic rings. The molecule has 0 saturated heterocycles. The monoisotopic (exact) mass is 280 g/mol. The first-order chi connectivity index (χ1) is 8.70. The maximum atomic E-state index is 12.1. The van der Waals surface area contributed by atoms with E-state index in [-0.39, 0.29) is 30.4 Å². The van der Waals surface area contributed by atoms with Crippen LogP contribution in [-0.2, 0) is 17.8 Å². The Morgan fingerprint density at radius 2 is 2.21 bits per heavy atom. The van der Waals surface area contributed by atoms with E-state index < -0.39 is 0 Å². The Kier molecular flexibility index (Phi) is 6.06. The van der Waals surface area contributed by atoms with Gasteiger partial charge in [0.25, 0.3) is 0 Å². The van der Waals surface area contributed by atoms with Gasteiger partial charge in [-0.3, -0.25) is 4.79 Å². The van der Waals surface area contributed by atoms with Gasteiger partial charge >= 0.3 is 0 Å². The van der Waals surface area contributed by atoms with E-state index in [0.717, 1.165) is 19.4 Å². The van der Waals surface area contributed by atoms with E-state index in [2.05, 4.69) is 29.3 Å². The number of carbonyl (C=O) groups excluding carboxylic acids is 1. The van der Waals surface area contributed by atoms with Gasteiger partial charge in [-0.1, -0.05) is 30.3 Å². The van der Waals surface area contributed by atoms with Crippen LogP contribution in [0.5, 0.6) is 0 Å². The van der Waals surface area contributed by atoms with Gasteiger partial charge in [0.1, 0.15) is 0 Å². The van der Waals surface area contributed by atoms with Crippen LogP contribution in [0, 0.1) is 0 Å². The number of hydrogen-bond acceptors (Lipinski definition) is 2. The average Bonchev–Trinajstić information content (AvgIpc) is 2.38. The van der Waals surface area contributed by atoms with E-state index in [1.807, 2.05) is 25.1 Å². The lowest BCUT2D eigenvalue weighted by Gasteiger charge is -2.26. The van der Waals surface area contributed by atoms with Crippen molar-refractivity contribution in [2.75, 3.05) is 0 Å². The fourth-order valence-corrected chi connectivity index (χ4v) is 2.29. The summed E-state index contributed by atoms with van der Waals surface area (Å²) in [6.45, 7) is 6.45. The second-order valence-electron chi connectivity index (χ2n) is 4.84. The third-order valence-electron chi connectivity index (χ3n) is 3.31. The van der Waals surface area contributed by atoms with Crippen LogP contribution in [-0.4, -0.2) is 18.0 Å². The minimum absolute atomic E-state index is 0. The number of halogens is 1. The number of nitrogens with one attached hydrogen (secondary N) is 2. The number of amides is 1. The SMILES string of the molecule is C=CCC(C)NC(=O)C1Cc2ccccc2CN1.Cl. The summed E-state index contributed by atoms with van der Waals surface area (Å²) in [7, 11) is 0. The lowest BCUT2D eigenvalue weighted by molar-refractivity contribution is -0.123. The van der Waals surface area contributed by atoms with Crippen LogP contribution in [0.15, 0.2) is 36.9 Å². The molecule has 1 heterocycles. The molecule has 2 rings (SSSR count). The van der Waals surface area contributed by atoms with Crippen LogP contribution < -0.4 is 10.6 Å². The van der Waals surface area contributed by atoms with E-state index in [1.165, 1.54) is 11.1 Å². The van der Waals surface area contributed by atoms with Gasteiger partial charge in [0.05, 0.1) is 6.04 Å². The molecule has 3 nitrogen and oxygen atoms in total. The molecular weight excluding hydrogens is 260 g/mol. The first kappa shape index (κ1) is 15.7. The minimum Gasteiger partial charge on any atom is -0.352 e. The highest BCUT2D eigenvalue weighted by molar-refractivity contribution is 5.85. The van der Waals surface area contributed by atoms with Crippen molar-refractivity contribution in [3.8, 4) is 0 Å². The molecule has 0 aromatic heterocycles. The summed E-state index contributed by atoms with van der Waals surface area (Å²) >= 11 is 0. The number of benzene rings is 1. The number of rotatable bonds is 4. The van der Waals surface area contributed by atoms with Gasteiger partial charge in [-0.2, -0.15) is 0 Å². The summed E-state index contributed by atoms with van der Waals surface area (Å²) in [5.41, 5.74) is 2.56. The van der Waals surface area contributed by atoms with E-state index in [9.17, 15) is 4.79 Å². The predicted octanol–water partition coefficient (Wildman–Crippen LogP) is 2.20. The van der Waals surface area contributed by atoms with Gasteiger partial charge in [-0.15, -0.1) is 19.0 Å². The molecule has 19 heavy (non-hydrogen) atoms. The van der Waals surface area contributed by atoms with Crippen molar-refractivity contribution in [1.82, 2.24) is 10.6 Å². The zero-order chi connectivity index (χ0) is 13.0. The van der Waals surface area contributed by atoms with Gasteiger partial charge in [0.15, 0.2) is 0 Å². The third-order valence-corrected chi connectivity index (χ3v) is 3.31. The van der Waals surface area contributed by atoms with Crippen molar-refractivity contribution in [3.63, 3.8) is 0 Å². The van der Waals surface area contributed by atoms with Gasteiger partial charge in [0.2, 0.25) is 5.91 Å². The average molecular weight is 281 g/mol. The van der Waals surface area contributed by atoms with E-state index >= 15 is 0 Å². The van der Waals surface area contributed by atoms with Crippen molar-refractivity contribution in [3.05, 3.63) is 48.0 Å². The molecule has 1 aliphatic rings. The van der Waals surface area contributed by atoms with Crippen molar-refractivity contribution in [2.45, 2.75) is 38.4 Å². The highest BCUT2D eigenvalue weighted by atomic mass is 35.5. The van der Waals surface area contributed by atoms with Crippen molar-refractivity contribution in [2.24, 2.45) is 0 Å². The summed E-state index contributed by atoms with van der Waals surface area (Å²) in [6.07, 6.45) is 3.40. The Bertz CT molecular complexity index is 448. The molecule has 4 heteroatoms. The quantitative estimate of drug-likeness (QED) is 0.831. The fourth-order valence-electron chi connectivity index (χ4n) is 2.29. The molecule has 2 unspecified atom stereocenters. The van der Waals surface area contributed by atoms with Crippen LogP contribution in [0.2, 0.25) is 0 Å². The molecule has 1 aromatic carbocycles. The largest absolute Gasteiger partial charge is 0.352 e. The van der Waals surface area contributed by atoms with Gasteiger partial charge in [0, 0.05) is 12.6 Å². The molecule has 0 bridgehead atoms. The molecule has 0 saturated carbocycles. The Morgan fingerprint density at radius 3 is 2.89 bits per heavy atom. The Hall–Kier alpha value is -1.32. The van der Waals surface area contributed by atoms with Crippen LogP contribution in [0.3, 0.4) is 0 Å². The van der Waals surface area contributed by atoms with Gasteiger partial charge < -0.3 is 10.6 Å². The van der Waals surface area contributed by atoms with E-state index in [1.54, 1.807) is 0 Å².